The number of benzene rings is 4. The second-order valence-corrected chi connectivity index (χ2v) is 17.9. The van der Waals surface area contributed by atoms with Crippen molar-refractivity contribution in [2.75, 3.05) is 23.1 Å². The molecule has 0 aliphatic heterocycles. The van der Waals surface area contributed by atoms with Crippen LogP contribution in [0.5, 0.6) is 0 Å². The molecule has 2 aromatic heterocycles. The first kappa shape index (κ1) is 45.9. The van der Waals surface area contributed by atoms with Crippen molar-refractivity contribution in [3.63, 3.8) is 0 Å². The summed E-state index contributed by atoms with van der Waals surface area (Å²) in [4.78, 5) is 25.7. The van der Waals surface area contributed by atoms with Crippen molar-refractivity contribution in [2.45, 2.75) is 49.8 Å². The lowest BCUT2D eigenvalue weighted by Crippen LogP contribution is -2.15. The molecule has 19 heteroatoms. The van der Waals surface area contributed by atoms with Gasteiger partial charge in [0.15, 0.2) is 19.7 Å². The van der Waals surface area contributed by atoms with Gasteiger partial charge in [0.1, 0.15) is 5.82 Å². The topological polar surface area (TPSA) is 136 Å². The molecule has 0 bridgehead atoms. The molecule has 0 saturated carbocycles. The molecule has 0 aliphatic rings. The number of hydrogen-bond acceptors (Lipinski definition) is 6. The lowest BCUT2D eigenvalue weighted by atomic mass is 10.1. The summed E-state index contributed by atoms with van der Waals surface area (Å²) in [7, 11) is -6.76. The van der Waals surface area contributed by atoms with Crippen LogP contribution in [0, 0.1) is 33.5 Å². The summed E-state index contributed by atoms with van der Waals surface area (Å²) in [5, 5.41) is 5.24. The predicted octanol–water partition coefficient (Wildman–Crippen LogP) is 9.68. The molecule has 0 radical (unpaired) electrons. The van der Waals surface area contributed by atoms with E-state index >= 15 is 0 Å². The first-order chi connectivity index (χ1) is 28.2. The number of nitrogens with zero attached hydrogens (tertiary/aromatic N) is 2. The molecule has 0 unspecified atom stereocenters. The molecule has 0 atom stereocenters. The fraction of sp³-hybridized carbons (Fsp3) is 0.190. The van der Waals surface area contributed by atoms with E-state index in [1.54, 1.807) is 13.8 Å². The van der Waals surface area contributed by atoms with Crippen LogP contribution in [0.1, 0.15) is 54.6 Å². The van der Waals surface area contributed by atoms with Gasteiger partial charge in [-0.15, -0.1) is 0 Å². The van der Waals surface area contributed by atoms with Crippen LogP contribution in [0.25, 0.3) is 11.4 Å². The molecule has 0 aliphatic carbocycles. The highest BCUT2D eigenvalue weighted by Crippen LogP contribution is 2.37. The van der Waals surface area contributed by atoms with Gasteiger partial charge >= 0.3 is 12.4 Å². The molecule has 61 heavy (non-hydrogen) atoms. The Balaban J connectivity index is 0.000000231. The summed E-state index contributed by atoms with van der Waals surface area (Å²) < 4.78 is 143. The number of amides is 2. The van der Waals surface area contributed by atoms with E-state index in [0.29, 0.717) is 34.5 Å². The van der Waals surface area contributed by atoms with Crippen LogP contribution < -0.4 is 10.6 Å². The smallest absolute Gasteiger partial charge is 0.322 e. The lowest BCUT2D eigenvalue weighted by Gasteiger charge is -2.17. The summed E-state index contributed by atoms with van der Waals surface area (Å²) in [6.07, 6.45) is -7.19. The zero-order valence-corrected chi connectivity index (χ0v) is 34.8. The van der Waals surface area contributed by atoms with Gasteiger partial charge in [-0.2, -0.15) is 26.3 Å². The van der Waals surface area contributed by atoms with Crippen LogP contribution in [0.4, 0.5) is 42.1 Å². The van der Waals surface area contributed by atoms with Crippen LogP contribution >= 0.6 is 0 Å². The number of rotatable bonds is 8. The molecule has 0 fully saturated rings. The quantitative estimate of drug-likeness (QED) is 0.146. The lowest BCUT2D eigenvalue weighted by molar-refractivity contribution is -0.138. The molecule has 2 heterocycles. The van der Waals surface area contributed by atoms with Crippen molar-refractivity contribution < 1.29 is 57.2 Å². The maximum absolute atomic E-state index is 13.5. The zero-order valence-electron chi connectivity index (χ0n) is 33.1. The molecule has 0 spiro atoms. The number of anilines is 2. The molecular formula is C42H37F7N4O6S2. The van der Waals surface area contributed by atoms with Gasteiger partial charge in [0, 0.05) is 46.7 Å². The number of aryl methyl sites for hydroxylation is 2. The van der Waals surface area contributed by atoms with Crippen LogP contribution in [0.3, 0.4) is 0 Å². The molecular weight excluding hydrogens is 854 g/mol. The average Bonchev–Trinajstić information content (AvgIpc) is 3.63. The highest BCUT2D eigenvalue weighted by Gasteiger charge is 2.36. The fourth-order valence-electron chi connectivity index (χ4n) is 6.53. The standard InChI is InChI=1S/C21H18F4N2O3S.C21H19F3N2O3S/c1-12-10-17(20(28)26-15-5-7-16(8-6-15)31(3,29)30)13(2)27(12)19-9-4-14(22)11-18(19)21(23,24)25;1-13-12-17(20(27)25-15-8-10-16(11-9-15)30(3,28)29)14(2)26(13)19-7-5-4-6-18(19)21(22,23)24/h4-11H,1-3H3,(H,26,28);4-12H,1-3H3,(H,25,27). The highest BCUT2D eigenvalue weighted by atomic mass is 32.2. The van der Waals surface area contributed by atoms with Crippen molar-refractivity contribution >= 4 is 42.9 Å². The van der Waals surface area contributed by atoms with E-state index in [1.165, 1.54) is 102 Å². The third kappa shape index (κ3) is 10.4. The number of hydrogen-bond donors (Lipinski definition) is 2. The number of para-hydroxylation sites is 1. The second kappa shape index (κ2) is 17.0. The molecule has 4 aromatic carbocycles. The SMILES string of the molecule is Cc1cc(C(=O)Nc2ccc(S(C)(=O)=O)cc2)c(C)n1-c1ccc(F)cc1C(F)(F)F.Cc1cc(C(=O)Nc2ccc(S(C)(=O)=O)cc2)c(C)n1-c1ccccc1C(F)(F)F. The highest BCUT2D eigenvalue weighted by molar-refractivity contribution is 7.91. The zero-order chi connectivity index (χ0) is 45.4. The van der Waals surface area contributed by atoms with Crippen molar-refractivity contribution in [3.05, 3.63) is 154 Å². The van der Waals surface area contributed by atoms with E-state index in [9.17, 15) is 57.2 Å². The largest absolute Gasteiger partial charge is 0.418 e. The number of sulfone groups is 2. The minimum absolute atomic E-state index is 0.0587. The minimum Gasteiger partial charge on any atom is -0.322 e. The Morgan fingerprint density at radius 3 is 1.28 bits per heavy atom. The van der Waals surface area contributed by atoms with Gasteiger partial charge in [-0.3, -0.25) is 9.59 Å². The van der Waals surface area contributed by atoms with Gasteiger partial charge in [-0.05, 0) is 119 Å². The molecule has 322 valence electrons. The van der Waals surface area contributed by atoms with Crippen molar-refractivity contribution in [1.82, 2.24) is 9.13 Å². The second-order valence-electron chi connectivity index (χ2n) is 13.9. The van der Waals surface area contributed by atoms with E-state index < -0.39 is 60.8 Å². The minimum atomic E-state index is -4.79. The molecule has 10 nitrogen and oxygen atoms in total. The van der Waals surface area contributed by atoms with E-state index in [-0.39, 0.29) is 38.0 Å². The third-order valence-corrected chi connectivity index (χ3v) is 11.6. The summed E-state index contributed by atoms with van der Waals surface area (Å²) in [5.74, 6) is -2.11. The average molecular weight is 891 g/mol. The molecule has 0 saturated heterocycles. The Morgan fingerprint density at radius 2 is 0.902 bits per heavy atom. The van der Waals surface area contributed by atoms with E-state index in [1.807, 2.05) is 0 Å². The third-order valence-electron chi connectivity index (χ3n) is 9.39. The van der Waals surface area contributed by atoms with Gasteiger partial charge in [0.05, 0.1) is 43.4 Å². The Morgan fingerprint density at radius 1 is 0.525 bits per heavy atom. The molecule has 2 amide bonds. The van der Waals surface area contributed by atoms with Crippen molar-refractivity contribution in [1.29, 1.82) is 0 Å². The summed E-state index contributed by atoms with van der Waals surface area (Å²) >= 11 is 0. The fourth-order valence-corrected chi connectivity index (χ4v) is 7.79. The monoisotopic (exact) mass is 890 g/mol. The van der Waals surface area contributed by atoms with E-state index in [4.69, 9.17) is 0 Å². The van der Waals surface area contributed by atoms with Crippen molar-refractivity contribution in [2.24, 2.45) is 0 Å². The summed E-state index contributed by atoms with van der Waals surface area (Å²) in [5.41, 5.74) is 0.152. The van der Waals surface area contributed by atoms with E-state index in [2.05, 4.69) is 10.6 Å². The van der Waals surface area contributed by atoms with Crippen LogP contribution in [-0.4, -0.2) is 50.3 Å². The Hall–Kier alpha value is -6.21. The number of alkyl halides is 6. The number of carbonyl (C=O) groups excluding carboxylic acids is 2. The Labute approximate surface area is 346 Å². The molecule has 2 N–H and O–H groups in total. The van der Waals surface area contributed by atoms with Gasteiger partial charge < -0.3 is 19.8 Å². The maximum Gasteiger partial charge on any atom is 0.418 e. The van der Waals surface area contributed by atoms with Crippen LogP contribution in [0.2, 0.25) is 0 Å². The summed E-state index contributed by atoms with van der Waals surface area (Å²) in [6, 6.07) is 21.6. The Kier molecular flexibility index (Phi) is 12.8. The normalized spacial score (nSPS) is 12.1. The van der Waals surface area contributed by atoms with Gasteiger partial charge in [0.2, 0.25) is 0 Å². The molecule has 6 aromatic rings. The first-order valence-corrected chi connectivity index (χ1v) is 21.6. The molecule has 6 rings (SSSR count). The predicted molar refractivity (Wildman–Crippen MR) is 215 cm³/mol. The van der Waals surface area contributed by atoms with Crippen molar-refractivity contribution in [3.8, 4) is 11.4 Å². The van der Waals surface area contributed by atoms with Gasteiger partial charge in [0.25, 0.3) is 11.8 Å². The van der Waals surface area contributed by atoms with E-state index in [0.717, 1.165) is 30.7 Å². The summed E-state index contributed by atoms with van der Waals surface area (Å²) in [6.45, 7) is 6.21. The number of halogens is 7. The van der Waals surface area contributed by atoms with Crippen LogP contribution in [0.15, 0.2) is 113 Å². The Bertz CT molecular complexity index is 2860. The van der Waals surface area contributed by atoms with Gasteiger partial charge in [-0.1, -0.05) is 12.1 Å². The number of nitrogens with one attached hydrogen (secondary N) is 2. The van der Waals surface area contributed by atoms with Gasteiger partial charge in [-0.25, -0.2) is 21.2 Å². The maximum atomic E-state index is 13.5. The van der Waals surface area contributed by atoms with Crippen LogP contribution in [-0.2, 0) is 32.0 Å². The first-order valence-electron chi connectivity index (χ1n) is 17.8. The number of aromatic nitrogens is 2. The number of carbonyl (C=O) groups is 2.